The summed E-state index contributed by atoms with van der Waals surface area (Å²) in [6.45, 7) is 3.28. The van der Waals surface area contributed by atoms with Crippen LogP contribution < -0.4 is 0 Å². The van der Waals surface area contributed by atoms with Gasteiger partial charge in [-0.2, -0.15) is 0 Å². The maximum atomic E-state index is 11.5. The molecule has 1 fully saturated rings. The molecule has 0 aliphatic carbocycles. The van der Waals surface area contributed by atoms with Gasteiger partial charge in [-0.25, -0.2) is 4.68 Å². The highest BCUT2D eigenvalue weighted by Gasteiger charge is 2.27. The van der Waals surface area contributed by atoms with Gasteiger partial charge in [0, 0.05) is 19.5 Å². The average Bonchev–Trinajstić information content (AvgIpc) is 2.95. The fraction of sp³-hybridized carbons (Fsp3) is 0.600. The summed E-state index contributed by atoms with van der Waals surface area (Å²) in [5.41, 5.74) is 0.334. The first-order valence-corrected chi connectivity index (χ1v) is 5.39. The van der Waals surface area contributed by atoms with Crippen LogP contribution in [-0.2, 0) is 4.79 Å². The molecule has 86 valence electrons. The fourth-order valence-corrected chi connectivity index (χ4v) is 1.93. The second-order valence-corrected chi connectivity index (χ2v) is 3.88. The third kappa shape index (κ3) is 1.95. The molecule has 0 N–H and O–H groups in total. The number of likely N-dealkylation sites (tertiary alicyclic amines) is 1. The lowest BCUT2D eigenvalue weighted by atomic mass is 10.3. The number of aromatic nitrogens is 3. The predicted octanol–water partition coefficient (Wildman–Crippen LogP) is 0.274. The Hall–Kier alpha value is -1.72. The molecule has 6 heteroatoms. The topological polar surface area (TPSA) is 68.1 Å². The van der Waals surface area contributed by atoms with E-state index in [4.69, 9.17) is 0 Å². The van der Waals surface area contributed by atoms with Crippen LogP contribution in [0.25, 0.3) is 0 Å². The predicted molar refractivity (Wildman–Crippen MR) is 55.9 cm³/mol. The third-order valence-corrected chi connectivity index (χ3v) is 2.84. The summed E-state index contributed by atoms with van der Waals surface area (Å²) < 4.78 is 1.67. The van der Waals surface area contributed by atoms with Gasteiger partial charge >= 0.3 is 0 Å². The van der Waals surface area contributed by atoms with Crippen molar-refractivity contribution >= 4 is 12.2 Å². The number of amides is 1. The summed E-state index contributed by atoms with van der Waals surface area (Å²) in [5, 5.41) is 7.60. The number of carbonyl (C=O) groups is 2. The quantitative estimate of drug-likeness (QED) is 0.688. The highest BCUT2D eigenvalue weighted by Crippen LogP contribution is 2.20. The molecule has 0 spiro atoms. The van der Waals surface area contributed by atoms with E-state index in [9.17, 15) is 9.59 Å². The van der Waals surface area contributed by atoms with Gasteiger partial charge in [0.05, 0.1) is 12.2 Å². The van der Waals surface area contributed by atoms with Crippen LogP contribution in [0.4, 0.5) is 0 Å². The van der Waals surface area contributed by atoms with Gasteiger partial charge in [0.2, 0.25) is 5.91 Å². The molecule has 1 aromatic heterocycles. The van der Waals surface area contributed by atoms with E-state index in [1.165, 1.54) is 0 Å². The molecule has 1 aliphatic heterocycles. The molecule has 1 saturated heterocycles. The summed E-state index contributed by atoms with van der Waals surface area (Å²) in [5.74, 6) is 0.165. The number of hydrogen-bond donors (Lipinski definition) is 0. The monoisotopic (exact) mass is 222 g/mol. The van der Waals surface area contributed by atoms with Crippen molar-refractivity contribution in [3.8, 4) is 0 Å². The molecule has 0 saturated carbocycles. The van der Waals surface area contributed by atoms with Crippen molar-refractivity contribution in [3.05, 3.63) is 11.9 Å². The minimum atomic E-state index is 0.150. The number of carbonyl (C=O) groups excluding carboxylic acids is 2. The zero-order valence-corrected chi connectivity index (χ0v) is 9.17. The lowest BCUT2D eigenvalue weighted by molar-refractivity contribution is -0.129. The summed E-state index contributed by atoms with van der Waals surface area (Å²) >= 11 is 0. The third-order valence-electron chi connectivity index (χ3n) is 2.84. The SMILES string of the molecule is CCC(=O)N1CC[C@@H](n2cc(C=O)nn2)C1. The molecule has 2 rings (SSSR count). The van der Waals surface area contributed by atoms with Gasteiger partial charge in [-0.05, 0) is 6.42 Å². The molecule has 1 aromatic rings. The van der Waals surface area contributed by atoms with Crippen LogP contribution in [0, 0.1) is 0 Å². The summed E-state index contributed by atoms with van der Waals surface area (Å²) in [4.78, 5) is 23.8. The maximum absolute atomic E-state index is 11.5. The maximum Gasteiger partial charge on any atom is 0.222 e. The zero-order valence-electron chi connectivity index (χ0n) is 9.17. The Labute approximate surface area is 93.2 Å². The van der Waals surface area contributed by atoms with Crippen molar-refractivity contribution in [1.29, 1.82) is 0 Å². The van der Waals surface area contributed by atoms with E-state index in [-0.39, 0.29) is 11.9 Å². The standard InChI is InChI=1S/C10H14N4O2/c1-2-10(16)13-4-3-9(6-13)14-5-8(7-15)11-12-14/h5,7,9H,2-4,6H2,1H3/t9-/m1/s1. The summed E-state index contributed by atoms with van der Waals surface area (Å²) in [6.07, 6.45) is 3.70. The van der Waals surface area contributed by atoms with E-state index < -0.39 is 0 Å². The van der Waals surface area contributed by atoms with Crippen LogP contribution in [0.5, 0.6) is 0 Å². The molecule has 2 heterocycles. The van der Waals surface area contributed by atoms with Gasteiger partial charge in [0.1, 0.15) is 5.69 Å². The Kier molecular flexibility index (Phi) is 2.98. The minimum absolute atomic E-state index is 0.150. The largest absolute Gasteiger partial charge is 0.340 e. The normalized spacial score (nSPS) is 20.1. The van der Waals surface area contributed by atoms with Gasteiger partial charge in [-0.1, -0.05) is 12.1 Å². The average molecular weight is 222 g/mol. The van der Waals surface area contributed by atoms with Crippen molar-refractivity contribution in [2.24, 2.45) is 0 Å². The van der Waals surface area contributed by atoms with Gasteiger partial charge < -0.3 is 4.90 Å². The molecule has 0 bridgehead atoms. The molecule has 6 nitrogen and oxygen atoms in total. The highest BCUT2D eigenvalue weighted by molar-refractivity contribution is 5.76. The Morgan fingerprint density at radius 3 is 3.12 bits per heavy atom. The van der Waals surface area contributed by atoms with Crippen molar-refractivity contribution < 1.29 is 9.59 Å². The van der Waals surface area contributed by atoms with E-state index in [0.29, 0.717) is 24.9 Å². The second kappa shape index (κ2) is 4.42. The molecule has 1 atom stereocenters. The summed E-state index contributed by atoms with van der Waals surface area (Å²) in [7, 11) is 0. The van der Waals surface area contributed by atoms with Crippen molar-refractivity contribution in [2.75, 3.05) is 13.1 Å². The molecule has 0 radical (unpaired) electrons. The molecule has 16 heavy (non-hydrogen) atoms. The lowest BCUT2D eigenvalue weighted by Crippen LogP contribution is -2.28. The molecule has 0 aromatic carbocycles. The first kappa shape index (κ1) is 10.8. The molecular formula is C10H14N4O2. The van der Waals surface area contributed by atoms with Crippen LogP contribution in [0.2, 0.25) is 0 Å². The van der Waals surface area contributed by atoms with Crippen molar-refractivity contribution in [3.63, 3.8) is 0 Å². The second-order valence-electron chi connectivity index (χ2n) is 3.88. The van der Waals surface area contributed by atoms with Crippen LogP contribution in [-0.4, -0.2) is 45.2 Å². The van der Waals surface area contributed by atoms with E-state index >= 15 is 0 Å². The van der Waals surface area contributed by atoms with Gasteiger partial charge in [0.25, 0.3) is 0 Å². The Morgan fingerprint density at radius 1 is 1.69 bits per heavy atom. The fourth-order valence-electron chi connectivity index (χ4n) is 1.93. The lowest BCUT2D eigenvalue weighted by Gasteiger charge is -2.15. The van der Waals surface area contributed by atoms with Crippen molar-refractivity contribution in [1.82, 2.24) is 19.9 Å². The number of hydrogen-bond acceptors (Lipinski definition) is 4. The van der Waals surface area contributed by atoms with Crippen LogP contribution in [0.1, 0.15) is 36.3 Å². The number of nitrogens with zero attached hydrogens (tertiary/aromatic N) is 4. The summed E-state index contributed by atoms with van der Waals surface area (Å²) in [6, 6.07) is 0.150. The zero-order chi connectivity index (χ0) is 11.5. The highest BCUT2D eigenvalue weighted by atomic mass is 16.2. The number of rotatable bonds is 3. The van der Waals surface area contributed by atoms with E-state index in [0.717, 1.165) is 13.0 Å². The first-order valence-electron chi connectivity index (χ1n) is 5.39. The van der Waals surface area contributed by atoms with E-state index in [1.54, 1.807) is 10.9 Å². The number of aldehydes is 1. The minimum Gasteiger partial charge on any atom is -0.340 e. The van der Waals surface area contributed by atoms with E-state index in [1.807, 2.05) is 11.8 Å². The Morgan fingerprint density at radius 2 is 2.50 bits per heavy atom. The van der Waals surface area contributed by atoms with Gasteiger partial charge in [0.15, 0.2) is 6.29 Å². The molecule has 0 unspecified atom stereocenters. The Bertz CT molecular complexity index is 401. The van der Waals surface area contributed by atoms with E-state index in [2.05, 4.69) is 10.3 Å². The molecule has 1 aliphatic rings. The molecular weight excluding hydrogens is 208 g/mol. The molecule has 1 amide bonds. The Balaban J connectivity index is 2.03. The van der Waals surface area contributed by atoms with Gasteiger partial charge in [-0.3, -0.25) is 9.59 Å². The van der Waals surface area contributed by atoms with Gasteiger partial charge in [-0.15, -0.1) is 5.10 Å². The van der Waals surface area contributed by atoms with Crippen LogP contribution in [0.3, 0.4) is 0 Å². The van der Waals surface area contributed by atoms with Crippen molar-refractivity contribution in [2.45, 2.75) is 25.8 Å². The first-order chi connectivity index (χ1) is 7.74. The van der Waals surface area contributed by atoms with Crippen LogP contribution >= 0.6 is 0 Å². The van der Waals surface area contributed by atoms with Crippen LogP contribution in [0.15, 0.2) is 6.20 Å². The smallest absolute Gasteiger partial charge is 0.222 e.